The summed E-state index contributed by atoms with van der Waals surface area (Å²) in [7, 11) is 1.75. The van der Waals surface area contributed by atoms with Crippen LogP contribution < -0.4 is 59.4 Å². The minimum Gasteiger partial charge on any atom is -1.00 e. The molecule has 13 heavy (non-hydrogen) atoms. The first kappa shape index (κ1) is 19.2. The van der Waals surface area contributed by atoms with Gasteiger partial charge < -0.3 is 59.4 Å². The SMILES string of the molecule is C[NH3+].[I-].[I-].[NH3+]CCc1ccccc1. The lowest BCUT2D eigenvalue weighted by atomic mass is 10.2. The maximum absolute atomic E-state index is 3.78. The van der Waals surface area contributed by atoms with Gasteiger partial charge in [0.2, 0.25) is 0 Å². The summed E-state index contributed by atoms with van der Waals surface area (Å²) in [5, 5.41) is 0. The molecular formula is C9H18I2N2. The average Bonchev–Trinajstić information content (AvgIpc) is 2.11. The van der Waals surface area contributed by atoms with Gasteiger partial charge in [-0.25, -0.2) is 0 Å². The van der Waals surface area contributed by atoms with Crippen molar-refractivity contribution in [2.24, 2.45) is 0 Å². The summed E-state index contributed by atoms with van der Waals surface area (Å²) in [4.78, 5) is 0. The predicted molar refractivity (Wildman–Crippen MR) is 46.7 cm³/mol. The van der Waals surface area contributed by atoms with Gasteiger partial charge in [0.1, 0.15) is 0 Å². The third-order valence-electron chi connectivity index (χ3n) is 1.31. The third kappa shape index (κ3) is 10.5. The lowest BCUT2D eigenvalue weighted by molar-refractivity contribution is -0.366. The standard InChI is InChI=1S/C8H11N.CH5N.2HI/c9-7-6-8-4-2-1-3-5-8;1-2;;/h1-5H,6-7,9H2;2H2,1H3;2*1H. The van der Waals surface area contributed by atoms with E-state index in [1.54, 1.807) is 7.05 Å². The number of benzene rings is 1. The molecule has 0 aromatic heterocycles. The number of halogens is 2. The molecule has 0 saturated carbocycles. The van der Waals surface area contributed by atoms with Crippen LogP contribution in [0.2, 0.25) is 0 Å². The maximum Gasteiger partial charge on any atom is 0.0780 e. The Balaban J connectivity index is -0.000000234. The zero-order valence-electron chi connectivity index (χ0n) is 7.97. The minimum atomic E-state index is 0. The molecule has 4 heteroatoms. The second-order valence-corrected chi connectivity index (χ2v) is 2.09. The molecular weight excluding hydrogens is 390 g/mol. The van der Waals surface area contributed by atoms with Crippen LogP contribution in [0, 0.1) is 0 Å². The van der Waals surface area contributed by atoms with Crippen molar-refractivity contribution < 1.29 is 59.4 Å². The average molecular weight is 408 g/mol. The van der Waals surface area contributed by atoms with E-state index in [1.165, 1.54) is 5.56 Å². The van der Waals surface area contributed by atoms with Crippen molar-refractivity contribution >= 4 is 0 Å². The number of hydrogen-bond acceptors (Lipinski definition) is 0. The molecule has 0 saturated heterocycles. The Labute approximate surface area is 114 Å². The predicted octanol–water partition coefficient (Wildman–Crippen LogP) is -6.66. The van der Waals surface area contributed by atoms with Crippen molar-refractivity contribution in [3.05, 3.63) is 35.9 Å². The monoisotopic (exact) mass is 408 g/mol. The van der Waals surface area contributed by atoms with Crippen LogP contribution in [0.1, 0.15) is 5.56 Å². The molecule has 2 nitrogen and oxygen atoms in total. The van der Waals surface area contributed by atoms with Gasteiger partial charge in [0.15, 0.2) is 0 Å². The van der Waals surface area contributed by atoms with Crippen LogP contribution in [0.25, 0.3) is 0 Å². The highest BCUT2D eigenvalue weighted by Gasteiger charge is 1.86. The summed E-state index contributed by atoms with van der Waals surface area (Å²) in [6, 6.07) is 10.4. The van der Waals surface area contributed by atoms with Crippen molar-refractivity contribution in [1.82, 2.24) is 0 Å². The van der Waals surface area contributed by atoms with Crippen LogP contribution in [0.5, 0.6) is 0 Å². The summed E-state index contributed by atoms with van der Waals surface area (Å²) in [5.41, 5.74) is 8.41. The summed E-state index contributed by atoms with van der Waals surface area (Å²) in [6.45, 7) is 0.990. The van der Waals surface area contributed by atoms with Crippen LogP contribution in [0.3, 0.4) is 0 Å². The molecule has 0 aliphatic heterocycles. The Hall–Kier alpha value is 0.600. The van der Waals surface area contributed by atoms with Crippen molar-refractivity contribution in [2.75, 3.05) is 13.6 Å². The second kappa shape index (κ2) is 15.1. The second-order valence-electron chi connectivity index (χ2n) is 2.09. The summed E-state index contributed by atoms with van der Waals surface area (Å²) < 4.78 is 0. The topological polar surface area (TPSA) is 55.3 Å². The highest BCUT2D eigenvalue weighted by molar-refractivity contribution is 5.14. The van der Waals surface area contributed by atoms with Gasteiger partial charge in [-0.1, -0.05) is 30.3 Å². The molecule has 0 heterocycles. The highest BCUT2D eigenvalue weighted by Crippen LogP contribution is 1.96. The Morgan fingerprint density at radius 3 is 1.85 bits per heavy atom. The van der Waals surface area contributed by atoms with E-state index in [9.17, 15) is 0 Å². The molecule has 0 fully saturated rings. The van der Waals surface area contributed by atoms with Gasteiger partial charge in [0.25, 0.3) is 0 Å². The molecule has 0 radical (unpaired) electrons. The molecule has 78 valence electrons. The first-order valence-corrected chi connectivity index (χ1v) is 3.97. The fourth-order valence-corrected chi connectivity index (χ4v) is 0.849. The van der Waals surface area contributed by atoms with Crippen LogP contribution >= 0.6 is 0 Å². The molecule has 0 bridgehead atoms. The van der Waals surface area contributed by atoms with E-state index in [4.69, 9.17) is 0 Å². The molecule has 0 unspecified atom stereocenters. The Morgan fingerprint density at radius 2 is 1.46 bits per heavy atom. The van der Waals surface area contributed by atoms with Crippen LogP contribution in [0.15, 0.2) is 30.3 Å². The normalized spacial score (nSPS) is 7.00. The highest BCUT2D eigenvalue weighted by atomic mass is 127. The third-order valence-corrected chi connectivity index (χ3v) is 1.31. The van der Waals surface area contributed by atoms with Gasteiger partial charge >= 0.3 is 0 Å². The van der Waals surface area contributed by atoms with Gasteiger partial charge in [-0.05, 0) is 5.56 Å². The Kier molecular flexibility index (Phi) is 22.3. The molecule has 1 aromatic rings. The van der Waals surface area contributed by atoms with E-state index in [0.717, 1.165) is 13.0 Å². The van der Waals surface area contributed by atoms with Crippen LogP contribution in [-0.4, -0.2) is 13.6 Å². The fourth-order valence-electron chi connectivity index (χ4n) is 0.849. The zero-order valence-corrected chi connectivity index (χ0v) is 12.3. The van der Waals surface area contributed by atoms with Crippen molar-refractivity contribution in [3.8, 4) is 0 Å². The van der Waals surface area contributed by atoms with Crippen molar-refractivity contribution in [1.29, 1.82) is 0 Å². The lowest BCUT2D eigenvalue weighted by Crippen LogP contribution is -3.00. The van der Waals surface area contributed by atoms with E-state index in [1.807, 2.05) is 6.07 Å². The van der Waals surface area contributed by atoms with Gasteiger partial charge in [0, 0.05) is 6.42 Å². The van der Waals surface area contributed by atoms with Crippen molar-refractivity contribution in [2.45, 2.75) is 6.42 Å². The Morgan fingerprint density at radius 1 is 1.00 bits per heavy atom. The molecule has 1 rings (SSSR count). The molecule has 0 aliphatic rings. The van der Waals surface area contributed by atoms with Gasteiger partial charge in [-0.2, -0.15) is 0 Å². The van der Waals surface area contributed by atoms with E-state index in [-0.39, 0.29) is 48.0 Å². The van der Waals surface area contributed by atoms with E-state index < -0.39 is 0 Å². The lowest BCUT2D eigenvalue weighted by Gasteiger charge is -1.92. The molecule has 6 N–H and O–H groups in total. The Bertz CT molecular complexity index is 169. The molecule has 0 amide bonds. The van der Waals surface area contributed by atoms with Gasteiger partial charge in [-0.15, -0.1) is 0 Å². The molecule has 0 spiro atoms. The number of hydrogen-bond donors (Lipinski definition) is 2. The summed E-state index contributed by atoms with van der Waals surface area (Å²) in [5.74, 6) is 0. The molecule has 1 aromatic carbocycles. The zero-order chi connectivity index (χ0) is 8.53. The van der Waals surface area contributed by atoms with Gasteiger partial charge in [0.05, 0.1) is 13.6 Å². The van der Waals surface area contributed by atoms with E-state index in [2.05, 4.69) is 35.7 Å². The summed E-state index contributed by atoms with van der Waals surface area (Å²) in [6.07, 6.45) is 1.10. The summed E-state index contributed by atoms with van der Waals surface area (Å²) >= 11 is 0. The van der Waals surface area contributed by atoms with E-state index >= 15 is 0 Å². The molecule has 0 atom stereocenters. The maximum atomic E-state index is 3.78. The van der Waals surface area contributed by atoms with Crippen LogP contribution in [0.4, 0.5) is 0 Å². The largest absolute Gasteiger partial charge is 1.00 e. The number of quaternary nitrogens is 2. The fraction of sp³-hybridized carbons (Fsp3) is 0.333. The quantitative estimate of drug-likeness (QED) is 0.458. The first-order valence-electron chi connectivity index (χ1n) is 3.97. The smallest absolute Gasteiger partial charge is 0.0780 e. The molecule has 0 aliphatic carbocycles. The number of rotatable bonds is 2. The minimum absolute atomic E-state index is 0. The van der Waals surface area contributed by atoms with Gasteiger partial charge in [-0.3, -0.25) is 0 Å². The van der Waals surface area contributed by atoms with E-state index in [0.29, 0.717) is 0 Å². The van der Waals surface area contributed by atoms with Crippen molar-refractivity contribution in [3.63, 3.8) is 0 Å². The van der Waals surface area contributed by atoms with Crippen LogP contribution in [-0.2, 0) is 6.42 Å². The first-order chi connectivity index (χ1) is 5.43.